The molecule has 0 atom stereocenters. The monoisotopic (exact) mass is 407 g/mol. The van der Waals surface area contributed by atoms with E-state index < -0.39 is 23.4 Å². The standard InChI is InChI=1S/C20H24F3N5O/c1-11-10-24-20(27-18(11)28(2)3)26-14-6-4-13(5-7-14)25-19(29)12-8-15(21)17(23)16(22)9-12/h8-10,13-14H,4-7H2,1-3H3,(H,25,29)(H,24,26,27)/t13-,14+. The average Bonchev–Trinajstić information content (AvgIpc) is 2.68. The molecular weight excluding hydrogens is 383 g/mol. The van der Waals surface area contributed by atoms with Gasteiger partial charge in [0.05, 0.1) is 0 Å². The fraction of sp³-hybridized carbons (Fsp3) is 0.450. The molecule has 156 valence electrons. The number of benzene rings is 1. The highest BCUT2D eigenvalue weighted by molar-refractivity contribution is 5.94. The summed E-state index contributed by atoms with van der Waals surface area (Å²) in [7, 11) is 3.84. The van der Waals surface area contributed by atoms with Gasteiger partial charge < -0.3 is 15.5 Å². The highest BCUT2D eigenvalue weighted by Gasteiger charge is 2.24. The zero-order valence-corrected chi connectivity index (χ0v) is 16.6. The maximum atomic E-state index is 13.3. The Morgan fingerprint density at radius 1 is 1.07 bits per heavy atom. The van der Waals surface area contributed by atoms with Crippen molar-refractivity contribution in [3.63, 3.8) is 0 Å². The summed E-state index contributed by atoms with van der Waals surface area (Å²) < 4.78 is 39.7. The first-order valence-electron chi connectivity index (χ1n) is 9.47. The summed E-state index contributed by atoms with van der Waals surface area (Å²) in [6, 6.07) is 1.46. The van der Waals surface area contributed by atoms with Gasteiger partial charge >= 0.3 is 0 Å². The number of carbonyl (C=O) groups is 1. The highest BCUT2D eigenvalue weighted by atomic mass is 19.2. The Kier molecular flexibility index (Phi) is 6.24. The second-order valence-electron chi connectivity index (χ2n) is 7.51. The highest BCUT2D eigenvalue weighted by Crippen LogP contribution is 2.23. The Hall–Kier alpha value is -2.84. The molecule has 9 heteroatoms. The van der Waals surface area contributed by atoms with E-state index in [2.05, 4.69) is 20.6 Å². The van der Waals surface area contributed by atoms with Crippen LogP contribution in [-0.4, -0.2) is 42.1 Å². The van der Waals surface area contributed by atoms with E-state index in [9.17, 15) is 18.0 Å². The van der Waals surface area contributed by atoms with Crippen LogP contribution in [0.5, 0.6) is 0 Å². The fourth-order valence-electron chi connectivity index (χ4n) is 3.48. The Bertz CT molecular complexity index is 875. The van der Waals surface area contributed by atoms with Crippen LogP contribution in [0.3, 0.4) is 0 Å². The number of anilines is 2. The molecular formula is C20H24F3N5O. The zero-order chi connectivity index (χ0) is 21.1. The van der Waals surface area contributed by atoms with Crippen LogP contribution in [0.2, 0.25) is 0 Å². The topological polar surface area (TPSA) is 70.1 Å². The predicted molar refractivity (Wildman–Crippen MR) is 105 cm³/mol. The van der Waals surface area contributed by atoms with Crippen molar-refractivity contribution in [1.29, 1.82) is 0 Å². The van der Waals surface area contributed by atoms with Crippen molar-refractivity contribution >= 4 is 17.7 Å². The first-order chi connectivity index (χ1) is 13.7. The molecule has 1 aromatic heterocycles. The molecule has 2 N–H and O–H groups in total. The van der Waals surface area contributed by atoms with Crippen molar-refractivity contribution < 1.29 is 18.0 Å². The number of amides is 1. The molecule has 0 unspecified atom stereocenters. The molecule has 1 fully saturated rings. The quantitative estimate of drug-likeness (QED) is 0.744. The van der Waals surface area contributed by atoms with E-state index in [1.54, 1.807) is 6.20 Å². The molecule has 0 spiro atoms. The van der Waals surface area contributed by atoms with Gasteiger partial charge in [-0.3, -0.25) is 4.79 Å². The van der Waals surface area contributed by atoms with E-state index >= 15 is 0 Å². The van der Waals surface area contributed by atoms with Gasteiger partial charge in [-0.1, -0.05) is 0 Å². The Morgan fingerprint density at radius 3 is 2.24 bits per heavy atom. The van der Waals surface area contributed by atoms with Crippen LogP contribution >= 0.6 is 0 Å². The molecule has 1 aliphatic carbocycles. The van der Waals surface area contributed by atoms with Crippen molar-refractivity contribution in [3.05, 3.63) is 46.9 Å². The summed E-state index contributed by atoms with van der Waals surface area (Å²) in [4.78, 5) is 23.0. The molecule has 1 aliphatic rings. The molecule has 1 saturated carbocycles. The summed E-state index contributed by atoms with van der Waals surface area (Å²) in [5.41, 5.74) is 0.756. The molecule has 0 radical (unpaired) electrons. The van der Waals surface area contributed by atoms with Crippen LogP contribution in [-0.2, 0) is 0 Å². The summed E-state index contributed by atoms with van der Waals surface area (Å²) in [5.74, 6) is -3.54. The van der Waals surface area contributed by atoms with E-state index in [0.717, 1.165) is 24.2 Å². The smallest absolute Gasteiger partial charge is 0.251 e. The minimum atomic E-state index is -1.58. The Labute approximate surface area is 167 Å². The van der Waals surface area contributed by atoms with Crippen LogP contribution in [0.25, 0.3) is 0 Å². The number of carbonyl (C=O) groups excluding carboxylic acids is 1. The van der Waals surface area contributed by atoms with Gasteiger partial charge in [-0.25, -0.2) is 18.2 Å². The van der Waals surface area contributed by atoms with Crippen LogP contribution in [0.15, 0.2) is 18.3 Å². The van der Waals surface area contributed by atoms with Gasteiger partial charge in [-0.2, -0.15) is 4.98 Å². The Morgan fingerprint density at radius 2 is 1.66 bits per heavy atom. The number of aryl methyl sites for hydroxylation is 1. The van der Waals surface area contributed by atoms with Crippen LogP contribution in [0, 0.1) is 24.4 Å². The van der Waals surface area contributed by atoms with Gasteiger partial charge in [0.25, 0.3) is 5.91 Å². The van der Waals surface area contributed by atoms with E-state index in [4.69, 9.17) is 0 Å². The summed E-state index contributed by atoms with van der Waals surface area (Å²) in [6.07, 6.45) is 4.73. The third-order valence-electron chi connectivity index (χ3n) is 5.01. The number of hydrogen-bond donors (Lipinski definition) is 2. The van der Waals surface area contributed by atoms with E-state index in [-0.39, 0.29) is 17.6 Å². The molecule has 1 heterocycles. The summed E-state index contributed by atoms with van der Waals surface area (Å²) in [6.45, 7) is 1.95. The molecule has 1 amide bonds. The largest absolute Gasteiger partial charge is 0.362 e. The third-order valence-corrected chi connectivity index (χ3v) is 5.01. The molecule has 2 aromatic rings. The number of hydrogen-bond acceptors (Lipinski definition) is 5. The summed E-state index contributed by atoms with van der Waals surface area (Å²) >= 11 is 0. The first-order valence-corrected chi connectivity index (χ1v) is 9.47. The predicted octanol–water partition coefficient (Wildman–Crippen LogP) is 3.42. The minimum absolute atomic E-state index is 0.118. The molecule has 1 aromatic carbocycles. The lowest BCUT2D eigenvalue weighted by Crippen LogP contribution is -2.40. The van der Waals surface area contributed by atoms with Gasteiger partial charge in [-0.15, -0.1) is 0 Å². The first kappa shape index (κ1) is 20.9. The Balaban J connectivity index is 1.54. The maximum absolute atomic E-state index is 13.3. The van der Waals surface area contributed by atoms with Crippen molar-refractivity contribution in [1.82, 2.24) is 15.3 Å². The van der Waals surface area contributed by atoms with Crippen molar-refractivity contribution in [2.75, 3.05) is 24.3 Å². The van der Waals surface area contributed by atoms with E-state index in [1.807, 2.05) is 25.9 Å². The number of nitrogens with zero attached hydrogens (tertiary/aromatic N) is 3. The fourth-order valence-corrected chi connectivity index (χ4v) is 3.48. The van der Waals surface area contributed by atoms with Crippen LogP contribution in [0.1, 0.15) is 41.6 Å². The lowest BCUT2D eigenvalue weighted by Gasteiger charge is -2.30. The van der Waals surface area contributed by atoms with Gasteiger partial charge in [0, 0.05) is 43.5 Å². The van der Waals surface area contributed by atoms with Gasteiger partial charge in [0.15, 0.2) is 17.5 Å². The number of aromatic nitrogens is 2. The summed E-state index contributed by atoms with van der Waals surface area (Å²) in [5, 5.41) is 6.09. The second-order valence-corrected chi connectivity index (χ2v) is 7.51. The molecule has 6 nitrogen and oxygen atoms in total. The normalized spacial score (nSPS) is 19.0. The lowest BCUT2D eigenvalue weighted by molar-refractivity contribution is 0.0925. The van der Waals surface area contributed by atoms with Crippen molar-refractivity contribution in [2.24, 2.45) is 0 Å². The second kappa shape index (κ2) is 8.67. The van der Waals surface area contributed by atoms with E-state index in [1.165, 1.54) is 0 Å². The van der Waals surface area contributed by atoms with Gasteiger partial charge in [0.1, 0.15) is 5.82 Å². The zero-order valence-electron chi connectivity index (χ0n) is 16.6. The van der Waals surface area contributed by atoms with Crippen molar-refractivity contribution in [3.8, 4) is 0 Å². The van der Waals surface area contributed by atoms with Gasteiger partial charge in [-0.05, 0) is 44.7 Å². The number of rotatable bonds is 5. The molecule has 0 aliphatic heterocycles. The lowest BCUT2D eigenvalue weighted by atomic mass is 9.91. The molecule has 0 bridgehead atoms. The van der Waals surface area contributed by atoms with Crippen LogP contribution < -0.4 is 15.5 Å². The number of halogens is 3. The van der Waals surface area contributed by atoms with E-state index in [0.29, 0.717) is 30.9 Å². The SMILES string of the molecule is Cc1cnc(N[C@H]2CC[C@@H](NC(=O)c3cc(F)c(F)c(F)c3)CC2)nc1N(C)C. The maximum Gasteiger partial charge on any atom is 0.251 e. The molecule has 29 heavy (non-hydrogen) atoms. The molecule has 3 rings (SSSR count). The van der Waals surface area contributed by atoms with Crippen LogP contribution in [0.4, 0.5) is 24.9 Å². The van der Waals surface area contributed by atoms with Gasteiger partial charge in [0.2, 0.25) is 5.95 Å². The third kappa shape index (κ3) is 4.96. The average molecular weight is 407 g/mol. The van der Waals surface area contributed by atoms with Crippen molar-refractivity contribution in [2.45, 2.75) is 44.7 Å². The number of nitrogens with one attached hydrogen (secondary N) is 2. The molecule has 0 saturated heterocycles. The minimum Gasteiger partial charge on any atom is -0.362 e.